The minimum Gasteiger partial charge on any atom is -0.493 e. The first-order valence-corrected chi connectivity index (χ1v) is 10.7. The van der Waals surface area contributed by atoms with Gasteiger partial charge in [-0.3, -0.25) is 14.5 Å². The Labute approximate surface area is 184 Å². The quantitative estimate of drug-likeness (QED) is 0.436. The minimum absolute atomic E-state index is 0.206. The number of nitrogens with zero attached hydrogens (tertiary/aromatic N) is 3. The number of imide groups is 1. The number of rotatable bonds is 9. The second kappa shape index (κ2) is 10.2. The van der Waals surface area contributed by atoms with Gasteiger partial charge in [0.25, 0.3) is 11.8 Å². The minimum atomic E-state index is -0.275. The molecule has 31 heavy (non-hydrogen) atoms. The Bertz CT molecular complexity index is 846. The SMILES string of the molecule is COCCCN1C(=O)C(c2ccc(OC)c(OC)c2)=C(N(C)C2CCN(C)CC2)C1=O. The molecule has 0 bridgehead atoms. The Morgan fingerprint density at radius 1 is 1.03 bits per heavy atom. The van der Waals surface area contributed by atoms with Crippen molar-refractivity contribution in [3.05, 3.63) is 29.5 Å². The molecule has 170 valence electrons. The van der Waals surface area contributed by atoms with Gasteiger partial charge < -0.3 is 24.0 Å². The summed E-state index contributed by atoms with van der Waals surface area (Å²) in [5.74, 6) is 0.577. The number of benzene rings is 1. The van der Waals surface area contributed by atoms with Crippen molar-refractivity contribution in [2.75, 3.05) is 61.7 Å². The van der Waals surface area contributed by atoms with E-state index in [1.165, 1.54) is 4.90 Å². The maximum Gasteiger partial charge on any atom is 0.277 e. The Morgan fingerprint density at radius 2 is 1.71 bits per heavy atom. The van der Waals surface area contributed by atoms with E-state index in [1.807, 2.05) is 18.0 Å². The van der Waals surface area contributed by atoms with Gasteiger partial charge in [-0.25, -0.2) is 0 Å². The van der Waals surface area contributed by atoms with E-state index in [4.69, 9.17) is 14.2 Å². The van der Waals surface area contributed by atoms with Crippen molar-refractivity contribution in [2.45, 2.75) is 25.3 Å². The summed E-state index contributed by atoms with van der Waals surface area (Å²) >= 11 is 0. The Morgan fingerprint density at radius 3 is 2.32 bits per heavy atom. The number of piperidine rings is 1. The highest BCUT2D eigenvalue weighted by Crippen LogP contribution is 2.37. The molecule has 2 heterocycles. The number of hydrogen-bond donors (Lipinski definition) is 0. The molecule has 8 heteroatoms. The molecule has 1 fully saturated rings. The first-order chi connectivity index (χ1) is 14.9. The third-order valence-electron chi connectivity index (χ3n) is 6.13. The maximum absolute atomic E-state index is 13.4. The molecule has 3 rings (SSSR count). The van der Waals surface area contributed by atoms with Crippen LogP contribution in [0, 0.1) is 0 Å². The van der Waals surface area contributed by atoms with E-state index in [1.54, 1.807) is 33.5 Å². The molecular formula is C23H33N3O5. The van der Waals surface area contributed by atoms with Crippen molar-refractivity contribution in [1.82, 2.24) is 14.7 Å². The lowest BCUT2D eigenvalue weighted by molar-refractivity contribution is -0.137. The summed E-state index contributed by atoms with van der Waals surface area (Å²) in [4.78, 5) is 32.5. The standard InChI is InChI=1S/C23H33N3O5/c1-24-12-9-17(10-13-24)25(2)21-20(16-7-8-18(30-4)19(15-16)31-5)22(27)26(23(21)28)11-6-14-29-3/h7-8,15,17H,6,9-14H2,1-5H3. The zero-order valence-electron chi connectivity index (χ0n) is 19.1. The van der Waals surface area contributed by atoms with E-state index >= 15 is 0 Å². The van der Waals surface area contributed by atoms with Crippen LogP contribution in [0.1, 0.15) is 24.8 Å². The summed E-state index contributed by atoms with van der Waals surface area (Å²) in [5, 5.41) is 0. The predicted octanol–water partition coefficient (Wildman–Crippen LogP) is 1.85. The molecule has 0 saturated carbocycles. The smallest absolute Gasteiger partial charge is 0.277 e. The monoisotopic (exact) mass is 431 g/mol. The van der Waals surface area contributed by atoms with Crippen LogP contribution in [0.15, 0.2) is 23.9 Å². The van der Waals surface area contributed by atoms with Crippen molar-refractivity contribution in [3.63, 3.8) is 0 Å². The van der Waals surface area contributed by atoms with Gasteiger partial charge in [0, 0.05) is 33.4 Å². The highest BCUT2D eigenvalue weighted by molar-refractivity contribution is 6.35. The number of carbonyl (C=O) groups excluding carboxylic acids is 2. The number of likely N-dealkylation sites (N-methyl/N-ethyl adjacent to an activating group) is 1. The van der Waals surface area contributed by atoms with Gasteiger partial charge in [-0.05, 0) is 57.1 Å². The van der Waals surface area contributed by atoms with Gasteiger partial charge in [0.05, 0.1) is 19.8 Å². The topological polar surface area (TPSA) is 71.6 Å². The van der Waals surface area contributed by atoms with E-state index in [2.05, 4.69) is 11.9 Å². The lowest BCUT2D eigenvalue weighted by Gasteiger charge is -2.36. The van der Waals surface area contributed by atoms with E-state index in [9.17, 15) is 9.59 Å². The molecule has 0 aromatic heterocycles. The number of likely N-dealkylation sites (tertiary alicyclic amines) is 1. The van der Waals surface area contributed by atoms with Gasteiger partial charge in [-0.1, -0.05) is 6.07 Å². The van der Waals surface area contributed by atoms with Gasteiger partial charge in [-0.15, -0.1) is 0 Å². The molecule has 1 aromatic carbocycles. The average molecular weight is 432 g/mol. The van der Waals surface area contributed by atoms with Crippen molar-refractivity contribution in [2.24, 2.45) is 0 Å². The third-order valence-corrected chi connectivity index (χ3v) is 6.13. The third kappa shape index (κ3) is 4.70. The summed E-state index contributed by atoms with van der Waals surface area (Å²) in [6, 6.07) is 5.54. The van der Waals surface area contributed by atoms with Crippen LogP contribution < -0.4 is 9.47 Å². The molecule has 1 aromatic rings. The number of carbonyl (C=O) groups is 2. The summed E-state index contributed by atoms with van der Waals surface area (Å²) in [6.07, 6.45) is 2.49. The molecule has 1 saturated heterocycles. The average Bonchev–Trinajstić information content (AvgIpc) is 3.03. The molecular weight excluding hydrogens is 398 g/mol. The first kappa shape index (κ1) is 23.1. The van der Waals surface area contributed by atoms with Crippen LogP contribution in [-0.2, 0) is 14.3 Å². The lowest BCUT2D eigenvalue weighted by atomic mass is 10.00. The molecule has 0 spiro atoms. The Kier molecular flexibility index (Phi) is 7.56. The van der Waals surface area contributed by atoms with Gasteiger partial charge >= 0.3 is 0 Å². The van der Waals surface area contributed by atoms with Gasteiger partial charge in [0.15, 0.2) is 11.5 Å². The van der Waals surface area contributed by atoms with Crippen LogP contribution in [0.25, 0.3) is 5.57 Å². The molecule has 8 nitrogen and oxygen atoms in total. The molecule has 0 aliphatic carbocycles. The predicted molar refractivity (Wildman–Crippen MR) is 118 cm³/mol. The summed E-state index contributed by atoms with van der Waals surface area (Å²) in [7, 11) is 8.76. The largest absolute Gasteiger partial charge is 0.493 e. The first-order valence-electron chi connectivity index (χ1n) is 10.7. The molecule has 0 N–H and O–H groups in total. The van der Waals surface area contributed by atoms with E-state index in [0.717, 1.165) is 25.9 Å². The fraction of sp³-hybridized carbons (Fsp3) is 0.565. The van der Waals surface area contributed by atoms with Crippen molar-refractivity contribution >= 4 is 17.4 Å². The van der Waals surface area contributed by atoms with E-state index in [0.29, 0.717) is 47.9 Å². The van der Waals surface area contributed by atoms with Crippen LogP contribution in [0.2, 0.25) is 0 Å². The number of methoxy groups -OCH3 is 3. The van der Waals surface area contributed by atoms with Gasteiger partial charge in [0.1, 0.15) is 5.70 Å². The number of amides is 2. The summed E-state index contributed by atoms with van der Waals surface area (Å²) in [6.45, 7) is 2.75. The van der Waals surface area contributed by atoms with Crippen molar-refractivity contribution < 1.29 is 23.8 Å². The molecule has 2 amide bonds. The van der Waals surface area contributed by atoms with Crippen LogP contribution >= 0.6 is 0 Å². The molecule has 0 atom stereocenters. The summed E-state index contributed by atoms with van der Waals surface area (Å²) < 4.78 is 15.9. The van der Waals surface area contributed by atoms with Crippen LogP contribution in [-0.4, -0.2) is 94.2 Å². The van der Waals surface area contributed by atoms with E-state index < -0.39 is 0 Å². The molecule has 2 aliphatic rings. The highest BCUT2D eigenvalue weighted by atomic mass is 16.5. The van der Waals surface area contributed by atoms with E-state index in [-0.39, 0.29) is 17.9 Å². The highest BCUT2D eigenvalue weighted by Gasteiger charge is 2.42. The fourth-order valence-electron chi connectivity index (χ4n) is 4.28. The molecule has 0 unspecified atom stereocenters. The second-order valence-electron chi connectivity index (χ2n) is 8.05. The fourth-order valence-corrected chi connectivity index (χ4v) is 4.28. The van der Waals surface area contributed by atoms with Crippen molar-refractivity contribution in [3.8, 4) is 11.5 Å². The zero-order valence-corrected chi connectivity index (χ0v) is 19.1. The number of ether oxygens (including phenoxy) is 3. The van der Waals surface area contributed by atoms with Crippen molar-refractivity contribution in [1.29, 1.82) is 0 Å². The Balaban J connectivity index is 2.01. The van der Waals surface area contributed by atoms with Gasteiger partial charge in [-0.2, -0.15) is 0 Å². The number of hydrogen-bond acceptors (Lipinski definition) is 7. The van der Waals surface area contributed by atoms with Crippen LogP contribution in [0.5, 0.6) is 11.5 Å². The van der Waals surface area contributed by atoms with Crippen LogP contribution in [0.4, 0.5) is 0 Å². The van der Waals surface area contributed by atoms with Gasteiger partial charge in [0.2, 0.25) is 0 Å². The maximum atomic E-state index is 13.4. The second-order valence-corrected chi connectivity index (χ2v) is 8.05. The molecule has 2 aliphatic heterocycles. The summed E-state index contributed by atoms with van der Waals surface area (Å²) in [5.41, 5.74) is 1.54. The normalized spacial score (nSPS) is 18.2. The lowest BCUT2D eigenvalue weighted by Crippen LogP contribution is -2.43. The Hall–Kier alpha value is -2.58. The zero-order chi connectivity index (χ0) is 22.5. The molecule has 0 radical (unpaired) electrons. The van der Waals surface area contributed by atoms with Crippen LogP contribution in [0.3, 0.4) is 0 Å².